The molecule has 0 aromatic heterocycles. The van der Waals surface area contributed by atoms with Crippen molar-refractivity contribution in [2.75, 3.05) is 6.61 Å². The molecule has 1 aliphatic rings. The van der Waals surface area contributed by atoms with E-state index in [2.05, 4.69) is 52.8 Å². The number of benzene rings is 1. The quantitative estimate of drug-likeness (QED) is 0.631. The van der Waals surface area contributed by atoms with E-state index in [0.29, 0.717) is 0 Å². The number of hydrogen-bond donors (Lipinski definition) is 0. The lowest BCUT2D eigenvalue weighted by Gasteiger charge is -2.43. The summed E-state index contributed by atoms with van der Waals surface area (Å²) in [7, 11) is 0. The first-order valence-electron chi connectivity index (χ1n) is 10.1. The summed E-state index contributed by atoms with van der Waals surface area (Å²) in [4.78, 5) is 24.1. The minimum atomic E-state index is -0.376. The van der Waals surface area contributed by atoms with Crippen molar-refractivity contribution in [3.8, 4) is 0 Å². The van der Waals surface area contributed by atoms with Crippen molar-refractivity contribution in [2.24, 2.45) is 11.8 Å². The zero-order valence-corrected chi connectivity index (χ0v) is 19.6. The van der Waals surface area contributed by atoms with Crippen LogP contribution < -0.4 is 0 Å². The van der Waals surface area contributed by atoms with Gasteiger partial charge in [-0.05, 0) is 35.4 Å². The summed E-state index contributed by atoms with van der Waals surface area (Å²) in [6.07, 6.45) is -0.622. The Morgan fingerprint density at radius 3 is 2.31 bits per heavy atom. The second kappa shape index (κ2) is 9.52. The smallest absolute Gasteiger partial charge is 0.303 e. The van der Waals surface area contributed by atoms with Crippen LogP contribution in [0.15, 0.2) is 23.1 Å². The van der Waals surface area contributed by atoms with Gasteiger partial charge in [0.15, 0.2) is 0 Å². The van der Waals surface area contributed by atoms with Crippen molar-refractivity contribution in [1.82, 2.24) is 0 Å². The van der Waals surface area contributed by atoms with Crippen LogP contribution in [0.1, 0.15) is 59.6 Å². The molecule has 1 fully saturated rings. The Morgan fingerprint density at radius 2 is 1.76 bits per heavy atom. The van der Waals surface area contributed by atoms with Gasteiger partial charge in [-0.25, -0.2) is 0 Å². The van der Waals surface area contributed by atoms with Gasteiger partial charge in [-0.3, -0.25) is 9.59 Å². The van der Waals surface area contributed by atoms with Gasteiger partial charge in [-0.2, -0.15) is 0 Å². The van der Waals surface area contributed by atoms with Crippen LogP contribution in [0.3, 0.4) is 0 Å². The summed E-state index contributed by atoms with van der Waals surface area (Å²) in [6.45, 7) is 15.8. The maximum atomic E-state index is 11.8. The minimum absolute atomic E-state index is 0.0331. The molecule has 6 heteroatoms. The first-order chi connectivity index (χ1) is 13.4. The van der Waals surface area contributed by atoms with Crippen LogP contribution in [-0.4, -0.2) is 36.2 Å². The average Bonchev–Trinajstić information content (AvgIpc) is 2.60. The van der Waals surface area contributed by atoms with E-state index in [0.717, 1.165) is 10.5 Å². The van der Waals surface area contributed by atoms with E-state index in [9.17, 15) is 9.59 Å². The Bertz CT molecular complexity index is 737. The first-order valence-corrected chi connectivity index (χ1v) is 11.0. The average molecular weight is 423 g/mol. The predicted molar refractivity (Wildman–Crippen MR) is 115 cm³/mol. The Balaban J connectivity index is 2.32. The lowest BCUT2D eigenvalue weighted by atomic mass is 9.84. The van der Waals surface area contributed by atoms with Crippen LogP contribution in [-0.2, 0) is 29.2 Å². The maximum absolute atomic E-state index is 11.8. The molecule has 5 nitrogen and oxygen atoms in total. The van der Waals surface area contributed by atoms with Crippen molar-refractivity contribution in [2.45, 2.75) is 83.3 Å². The number of carbonyl (C=O) groups is 2. The molecular formula is C23H34O5S. The number of ether oxygens (including phenoxy) is 3. The van der Waals surface area contributed by atoms with E-state index in [4.69, 9.17) is 14.2 Å². The van der Waals surface area contributed by atoms with Crippen molar-refractivity contribution in [3.63, 3.8) is 0 Å². The van der Waals surface area contributed by atoms with Gasteiger partial charge in [0.2, 0.25) is 0 Å². The number of thioether (sulfide) groups is 1. The number of aryl methyl sites for hydroxylation is 1. The Labute approximate surface area is 178 Å². The third-order valence-electron chi connectivity index (χ3n) is 5.56. The first kappa shape index (κ1) is 23.7. The molecule has 1 aromatic carbocycles. The maximum Gasteiger partial charge on any atom is 0.303 e. The van der Waals surface area contributed by atoms with Crippen LogP contribution in [0, 0.1) is 18.8 Å². The Kier molecular flexibility index (Phi) is 7.80. The second-order valence-corrected chi connectivity index (χ2v) is 10.1. The molecule has 2 rings (SSSR count). The predicted octanol–water partition coefficient (Wildman–Crippen LogP) is 4.88. The highest BCUT2D eigenvalue weighted by Crippen LogP contribution is 2.41. The van der Waals surface area contributed by atoms with E-state index in [1.54, 1.807) is 11.8 Å². The molecule has 0 amide bonds. The highest BCUT2D eigenvalue weighted by atomic mass is 32.2. The number of carbonyl (C=O) groups excluding carboxylic acids is 2. The van der Waals surface area contributed by atoms with Crippen molar-refractivity contribution in [1.29, 1.82) is 0 Å². The molecule has 162 valence electrons. The molecule has 0 spiro atoms. The summed E-state index contributed by atoms with van der Waals surface area (Å²) in [5.41, 5.74) is 2.05. The molecule has 29 heavy (non-hydrogen) atoms. The van der Waals surface area contributed by atoms with Crippen LogP contribution in [0.4, 0.5) is 0 Å². The molecule has 5 atom stereocenters. The summed E-state index contributed by atoms with van der Waals surface area (Å²) < 4.78 is 17.2. The van der Waals surface area contributed by atoms with Crippen molar-refractivity contribution < 1.29 is 23.8 Å². The lowest BCUT2D eigenvalue weighted by Crippen LogP contribution is -2.51. The topological polar surface area (TPSA) is 61.8 Å². The van der Waals surface area contributed by atoms with Crippen LogP contribution in [0.2, 0.25) is 0 Å². The number of hydrogen-bond acceptors (Lipinski definition) is 6. The molecule has 0 radical (unpaired) electrons. The summed E-state index contributed by atoms with van der Waals surface area (Å²) in [6, 6.07) is 6.46. The Morgan fingerprint density at radius 1 is 1.10 bits per heavy atom. The van der Waals surface area contributed by atoms with Crippen LogP contribution >= 0.6 is 11.8 Å². The van der Waals surface area contributed by atoms with E-state index in [1.807, 2.05) is 6.92 Å². The third-order valence-corrected chi connectivity index (χ3v) is 6.87. The molecule has 1 saturated heterocycles. The van der Waals surface area contributed by atoms with E-state index in [1.165, 1.54) is 19.4 Å². The van der Waals surface area contributed by atoms with Gasteiger partial charge in [0.05, 0.1) is 6.10 Å². The standard InChI is InChI=1S/C23H34O5S/c1-13-9-10-18(23(6,7)8)11-20(13)29-22-21(27-17(5)25)15(3)14(2)19(28-22)12-26-16(4)24/h9-11,14-15,19,21-22H,12H2,1-8H3/t14?,15?,19?,21?,22-/m1/s1. The largest absolute Gasteiger partial charge is 0.463 e. The van der Waals surface area contributed by atoms with Gasteiger partial charge in [-0.15, -0.1) is 0 Å². The van der Waals surface area contributed by atoms with E-state index in [-0.39, 0.29) is 53.4 Å². The fourth-order valence-corrected chi connectivity index (χ4v) is 4.75. The summed E-state index contributed by atoms with van der Waals surface area (Å²) in [5, 5.41) is 0. The number of esters is 2. The monoisotopic (exact) mass is 422 g/mol. The van der Waals surface area contributed by atoms with Crippen LogP contribution in [0.5, 0.6) is 0 Å². The highest BCUT2D eigenvalue weighted by molar-refractivity contribution is 7.99. The second-order valence-electron chi connectivity index (χ2n) is 8.99. The van der Waals surface area contributed by atoms with Crippen molar-refractivity contribution in [3.05, 3.63) is 29.3 Å². The fourth-order valence-electron chi connectivity index (χ4n) is 3.42. The molecule has 1 aliphatic heterocycles. The van der Waals surface area contributed by atoms with Gasteiger partial charge >= 0.3 is 11.9 Å². The summed E-state index contributed by atoms with van der Waals surface area (Å²) >= 11 is 1.58. The van der Waals surface area contributed by atoms with Gasteiger partial charge in [0.25, 0.3) is 0 Å². The highest BCUT2D eigenvalue weighted by Gasteiger charge is 2.44. The molecule has 0 saturated carbocycles. The molecule has 0 bridgehead atoms. The Hall–Kier alpha value is -1.53. The molecule has 4 unspecified atom stereocenters. The molecular weight excluding hydrogens is 388 g/mol. The minimum Gasteiger partial charge on any atom is -0.463 e. The zero-order chi connectivity index (χ0) is 21.9. The van der Waals surface area contributed by atoms with Gasteiger partial charge in [0, 0.05) is 24.7 Å². The van der Waals surface area contributed by atoms with E-state index < -0.39 is 0 Å². The normalized spacial score (nSPS) is 27.4. The van der Waals surface area contributed by atoms with Gasteiger partial charge < -0.3 is 14.2 Å². The fraction of sp³-hybridized carbons (Fsp3) is 0.652. The lowest BCUT2D eigenvalue weighted by molar-refractivity contribution is -0.184. The summed E-state index contributed by atoms with van der Waals surface area (Å²) in [5.74, 6) is -0.496. The molecule has 0 aliphatic carbocycles. The molecule has 1 heterocycles. The molecule has 0 N–H and O–H groups in total. The van der Waals surface area contributed by atoms with Gasteiger partial charge in [-0.1, -0.05) is 58.5 Å². The molecule has 1 aromatic rings. The van der Waals surface area contributed by atoms with Crippen molar-refractivity contribution >= 4 is 23.7 Å². The third kappa shape index (κ3) is 6.22. The number of rotatable bonds is 5. The van der Waals surface area contributed by atoms with Crippen LogP contribution in [0.25, 0.3) is 0 Å². The van der Waals surface area contributed by atoms with E-state index >= 15 is 0 Å². The zero-order valence-electron chi connectivity index (χ0n) is 18.8. The SMILES string of the molecule is CC(=O)OCC1O[C@H](Sc2cc(C(C)(C)C)ccc2C)C(OC(C)=O)C(C)C1C. The van der Waals surface area contributed by atoms with Gasteiger partial charge in [0.1, 0.15) is 18.1 Å².